The van der Waals surface area contributed by atoms with Gasteiger partial charge in [0, 0.05) is 19.3 Å². The molecule has 160 valence electrons. The Morgan fingerprint density at radius 3 is 2.43 bits per heavy atom. The summed E-state index contributed by atoms with van der Waals surface area (Å²) in [5.41, 5.74) is 2.48. The summed E-state index contributed by atoms with van der Waals surface area (Å²) in [7, 11) is 1.88. The van der Waals surface area contributed by atoms with E-state index in [4.69, 9.17) is 14.2 Å². The molecule has 1 amide bonds. The summed E-state index contributed by atoms with van der Waals surface area (Å²) in [5, 5.41) is 2.88. The minimum Gasteiger partial charge on any atom is -0.494 e. The maximum Gasteiger partial charge on any atom is 0.355 e. The van der Waals surface area contributed by atoms with E-state index in [2.05, 4.69) is 5.32 Å². The normalized spacial score (nSPS) is 10.8. The fourth-order valence-electron chi connectivity index (χ4n) is 3.29. The highest BCUT2D eigenvalue weighted by Crippen LogP contribution is 2.30. The zero-order chi connectivity index (χ0) is 21.7. The maximum atomic E-state index is 12.9. The average Bonchev–Trinajstić information content (AvgIpc) is 3.25. The van der Waals surface area contributed by atoms with Gasteiger partial charge in [0.2, 0.25) is 5.91 Å². The van der Waals surface area contributed by atoms with Crippen LogP contribution in [0.15, 0.2) is 36.5 Å². The van der Waals surface area contributed by atoms with Crippen LogP contribution in [0.3, 0.4) is 0 Å². The zero-order valence-corrected chi connectivity index (χ0v) is 17.7. The number of anilines is 1. The van der Waals surface area contributed by atoms with Gasteiger partial charge >= 0.3 is 5.97 Å². The Morgan fingerprint density at radius 2 is 1.73 bits per heavy atom. The molecule has 3 rings (SSSR count). The molecule has 0 aliphatic heterocycles. The molecule has 0 aliphatic carbocycles. The number of fused-ring (bicyclic) bond motifs is 1. The lowest BCUT2D eigenvalue weighted by Gasteiger charge is -2.14. The van der Waals surface area contributed by atoms with Crippen LogP contribution in [-0.2, 0) is 23.1 Å². The summed E-state index contributed by atoms with van der Waals surface area (Å²) in [5.74, 6) is 0.429. The standard InChI is InChI=1S/C22H27N3O5/c1-5-28-15-8-9-20(29-6-2)16(12-15)23-21(26)14-25-17-10-11-24(4)18(17)13-19(25)22(27)30-7-3/h8-13H,5-7,14H2,1-4H3,(H,23,26). The smallest absolute Gasteiger partial charge is 0.355 e. The Bertz CT molecular complexity index is 1050. The van der Waals surface area contributed by atoms with Crippen molar-refractivity contribution in [1.29, 1.82) is 0 Å². The van der Waals surface area contributed by atoms with Gasteiger partial charge in [0.15, 0.2) is 0 Å². The highest BCUT2D eigenvalue weighted by molar-refractivity contribution is 5.98. The molecule has 0 radical (unpaired) electrons. The van der Waals surface area contributed by atoms with E-state index >= 15 is 0 Å². The van der Waals surface area contributed by atoms with Crippen molar-refractivity contribution >= 4 is 28.6 Å². The Balaban J connectivity index is 1.89. The highest BCUT2D eigenvalue weighted by atomic mass is 16.5. The Labute approximate surface area is 175 Å². The number of esters is 1. The van der Waals surface area contributed by atoms with Crippen LogP contribution in [0, 0.1) is 0 Å². The third-order valence-electron chi connectivity index (χ3n) is 4.58. The van der Waals surface area contributed by atoms with Crippen molar-refractivity contribution in [3.8, 4) is 11.5 Å². The summed E-state index contributed by atoms with van der Waals surface area (Å²) >= 11 is 0. The first-order valence-electron chi connectivity index (χ1n) is 9.99. The molecule has 2 heterocycles. The van der Waals surface area contributed by atoms with Crippen molar-refractivity contribution in [2.45, 2.75) is 27.3 Å². The van der Waals surface area contributed by atoms with Gasteiger partial charge in [-0.15, -0.1) is 0 Å². The number of carbonyl (C=O) groups is 2. The molecule has 0 fully saturated rings. The van der Waals surface area contributed by atoms with Crippen LogP contribution in [0.1, 0.15) is 31.3 Å². The second-order valence-electron chi connectivity index (χ2n) is 6.61. The van der Waals surface area contributed by atoms with Gasteiger partial charge in [0.05, 0.1) is 36.5 Å². The van der Waals surface area contributed by atoms with Crippen LogP contribution in [-0.4, -0.2) is 40.8 Å². The lowest BCUT2D eigenvalue weighted by Crippen LogP contribution is -2.22. The van der Waals surface area contributed by atoms with Crippen LogP contribution >= 0.6 is 0 Å². The van der Waals surface area contributed by atoms with Gasteiger partial charge in [-0.3, -0.25) is 4.79 Å². The maximum absolute atomic E-state index is 12.9. The third kappa shape index (κ3) is 4.42. The minimum absolute atomic E-state index is 0.0495. The highest BCUT2D eigenvalue weighted by Gasteiger charge is 2.21. The van der Waals surface area contributed by atoms with Gasteiger partial charge in [0.25, 0.3) is 0 Å². The van der Waals surface area contributed by atoms with Gasteiger partial charge in [0.1, 0.15) is 23.7 Å². The summed E-state index contributed by atoms with van der Waals surface area (Å²) in [6, 6.07) is 8.89. The zero-order valence-electron chi connectivity index (χ0n) is 17.7. The molecular formula is C22H27N3O5. The first kappa shape index (κ1) is 21.3. The first-order valence-corrected chi connectivity index (χ1v) is 9.99. The van der Waals surface area contributed by atoms with Gasteiger partial charge < -0.3 is 28.7 Å². The number of nitrogens with zero attached hydrogens (tertiary/aromatic N) is 2. The molecule has 0 unspecified atom stereocenters. The predicted molar refractivity (Wildman–Crippen MR) is 114 cm³/mol. The van der Waals surface area contributed by atoms with E-state index in [1.54, 1.807) is 35.8 Å². The molecule has 0 aliphatic rings. The van der Waals surface area contributed by atoms with E-state index in [9.17, 15) is 9.59 Å². The molecular weight excluding hydrogens is 386 g/mol. The van der Waals surface area contributed by atoms with Crippen molar-refractivity contribution in [2.24, 2.45) is 7.05 Å². The van der Waals surface area contributed by atoms with E-state index < -0.39 is 5.97 Å². The lowest BCUT2D eigenvalue weighted by atomic mass is 10.2. The largest absolute Gasteiger partial charge is 0.494 e. The first-order chi connectivity index (χ1) is 14.5. The van der Waals surface area contributed by atoms with Crippen LogP contribution in [0.2, 0.25) is 0 Å². The average molecular weight is 413 g/mol. The van der Waals surface area contributed by atoms with Crippen LogP contribution < -0.4 is 14.8 Å². The van der Waals surface area contributed by atoms with Crippen molar-refractivity contribution in [2.75, 3.05) is 25.1 Å². The predicted octanol–water partition coefficient (Wildman–Crippen LogP) is 3.59. The summed E-state index contributed by atoms with van der Waals surface area (Å²) in [6.45, 7) is 6.70. The summed E-state index contributed by atoms with van der Waals surface area (Å²) in [4.78, 5) is 25.3. The molecule has 0 bridgehead atoms. The molecule has 1 aromatic carbocycles. The van der Waals surface area contributed by atoms with Gasteiger partial charge in [-0.2, -0.15) is 0 Å². The quantitative estimate of drug-likeness (QED) is 0.542. The number of aromatic nitrogens is 2. The molecule has 3 aromatic rings. The molecule has 8 nitrogen and oxygen atoms in total. The number of hydrogen-bond donors (Lipinski definition) is 1. The van der Waals surface area contributed by atoms with E-state index in [-0.39, 0.29) is 19.1 Å². The molecule has 0 atom stereocenters. The SMILES string of the molecule is CCOC(=O)c1cc2c(ccn2C)n1CC(=O)Nc1cc(OCC)ccc1OCC. The van der Waals surface area contributed by atoms with E-state index in [0.717, 1.165) is 11.0 Å². The Morgan fingerprint density at radius 1 is 0.967 bits per heavy atom. The fraction of sp³-hybridized carbons (Fsp3) is 0.364. The third-order valence-corrected chi connectivity index (χ3v) is 4.58. The summed E-state index contributed by atoms with van der Waals surface area (Å²) < 4.78 is 19.9. The number of ether oxygens (including phenoxy) is 3. The molecule has 0 saturated carbocycles. The number of amides is 1. The van der Waals surface area contributed by atoms with Crippen molar-refractivity contribution < 1.29 is 23.8 Å². The molecule has 2 aromatic heterocycles. The molecule has 30 heavy (non-hydrogen) atoms. The number of nitrogens with one attached hydrogen (secondary N) is 1. The van der Waals surface area contributed by atoms with Gasteiger partial charge in [-0.1, -0.05) is 0 Å². The minimum atomic E-state index is -0.463. The van der Waals surface area contributed by atoms with Crippen molar-refractivity contribution in [1.82, 2.24) is 9.13 Å². The van der Waals surface area contributed by atoms with Gasteiger partial charge in [-0.25, -0.2) is 4.79 Å². The molecule has 0 spiro atoms. The van der Waals surface area contributed by atoms with E-state index in [0.29, 0.717) is 36.1 Å². The molecule has 1 N–H and O–H groups in total. The van der Waals surface area contributed by atoms with Gasteiger partial charge in [-0.05, 0) is 45.0 Å². The van der Waals surface area contributed by atoms with E-state index in [1.807, 2.05) is 37.7 Å². The fourth-order valence-corrected chi connectivity index (χ4v) is 3.29. The Hall–Kier alpha value is -3.42. The van der Waals surface area contributed by atoms with Crippen LogP contribution in [0.5, 0.6) is 11.5 Å². The second-order valence-corrected chi connectivity index (χ2v) is 6.61. The number of carbonyl (C=O) groups excluding carboxylic acids is 2. The van der Waals surface area contributed by atoms with Crippen molar-refractivity contribution in [3.63, 3.8) is 0 Å². The topological polar surface area (TPSA) is 83.7 Å². The second kappa shape index (κ2) is 9.39. The number of aryl methyl sites for hydroxylation is 1. The monoisotopic (exact) mass is 413 g/mol. The van der Waals surface area contributed by atoms with Crippen LogP contribution in [0.25, 0.3) is 11.0 Å². The molecule has 0 saturated heterocycles. The number of benzene rings is 1. The summed E-state index contributed by atoms with van der Waals surface area (Å²) in [6.07, 6.45) is 1.88. The number of rotatable bonds is 9. The van der Waals surface area contributed by atoms with E-state index in [1.165, 1.54) is 0 Å². The number of hydrogen-bond acceptors (Lipinski definition) is 5. The van der Waals surface area contributed by atoms with Crippen LogP contribution in [0.4, 0.5) is 5.69 Å². The Kier molecular flexibility index (Phi) is 6.66. The van der Waals surface area contributed by atoms with Crippen molar-refractivity contribution in [3.05, 3.63) is 42.2 Å². The lowest BCUT2D eigenvalue weighted by molar-refractivity contribution is -0.116. The molecule has 8 heteroatoms.